The molecule has 3 aromatic carbocycles. The van der Waals surface area contributed by atoms with E-state index in [1.165, 1.54) is 0 Å². The summed E-state index contributed by atoms with van der Waals surface area (Å²) in [6.45, 7) is 4.52. The monoisotopic (exact) mass is 744 g/mol. The summed E-state index contributed by atoms with van der Waals surface area (Å²) in [5.41, 5.74) is 9.54. The number of esters is 1. The van der Waals surface area contributed by atoms with Gasteiger partial charge in [0.05, 0.1) is 13.2 Å². The molecule has 0 radical (unpaired) electrons. The molecule has 54 heavy (non-hydrogen) atoms. The number of aliphatic hydroxyl groups is 1. The van der Waals surface area contributed by atoms with Crippen LogP contribution in [0.3, 0.4) is 0 Å². The molecule has 8 N–H and O–H groups in total. The van der Waals surface area contributed by atoms with E-state index in [0.717, 1.165) is 22.3 Å². The molecule has 0 saturated heterocycles. The van der Waals surface area contributed by atoms with Crippen molar-refractivity contribution in [3.8, 4) is 11.1 Å². The summed E-state index contributed by atoms with van der Waals surface area (Å²) in [7, 11) is 0. The van der Waals surface area contributed by atoms with Crippen LogP contribution < -0.4 is 32.3 Å². The number of nitrogens with two attached hydrogens (primary N) is 1. The number of hydrogen-bond donors (Lipinski definition) is 7. The van der Waals surface area contributed by atoms with E-state index in [4.69, 9.17) is 15.2 Å². The first-order valence-corrected chi connectivity index (χ1v) is 17.7. The third-order valence-corrected chi connectivity index (χ3v) is 8.46. The predicted octanol–water partition coefficient (Wildman–Crippen LogP) is 3.20. The van der Waals surface area contributed by atoms with Crippen LogP contribution in [0.4, 0.5) is 15.3 Å². The SMILES string of the molecule is CC(C)(C)OC(=O)CC[C@H](NC(=O)OCC1c2ccccc2-c2ccccc21)C(=O)NCC(=O)N[C@@H](CCCNC(N)=O)C(=O)Nc1ccc(CO)cc1. The van der Waals surface area contributed by atoms with Crippen LogP contribution in [0.15, 0.2) is 72.8 Å². The zero-order valence-corrected chi connectivity index (χ0v) is 30.6. The summed E-state index contributed by atoms with van der Waals surface area (Å²) >= 11 is 0. The normalized spacial score (nSPS) is 13.0. The Morgan fingerprint density at radius 1 is 0.796 bits per heavy atom. The van der Waals surface area contributed by atoms with Gasteiger partial charge in [-0.05, 0) is 80.0 Å². The Balaban J connectivity index is 1.38. The first-order chi connectivity index (χ1) is 25.7. The van der Waals surface area contributed by atoms with Crippen molar-refractivity contribution in [2.24, 2.45) is 5.73 Å². The van der Waals surface area contributed by atoms with E-state index in [9.17, 15) is 33.9 Å². The molecule has 6 amide bonds. The van der Waals surface area contributed by atoms with Gasteiger partial charge >= 0.3 is 18.1 Å². The average Bonchev–Trinajstić information content (AvgIpc) is 3.45. The quantitative estimate of drug-likeness (QED) is 0.0795. The molecule has 0 fully saturated rings. The highest BCUT2D eigenvalue weighted by molar-refractivity contribution is 5.98. The molecule has 1 aliphatic carbocycles. The van der Waals surface area contributed by atoms with Gasteiger partial charge < -0.3 is 46.9 Å². The molecule has 0 bridgehead atoms. The number of aliphatic hydroxyl groups excluding tert-OH is 1. The van der Waals surface area contributed by atoms with Crippen molar-refractivity contribution in [3.05, 3.63) is 89.5 Å². The Morgan fingerprint density at radius 2 is 1.41 bits per heavy atom. The van der Waals surface area contributed by atoms with Gasteiger partial charge in [-0.25, -0.2) is 9.59 Å². The number of benzene rings is 3. The first kappa shape index (κ1) is 40.8. The smallest absolute Gasteiger partial charge is 0.407 e. The molecule has 3 aromatic rings. The summed E-state index contributed by atoms with van der Waals surface area (Å²) in [4.78, 5) is 76.3. The number of urea groups is 1. The minimum Gasteiger partial charge on any atom is -0.460 e. The number of nitrogens with one attached hydrogen (secondary N) is 5. The molecule has 4 rings (SSSR count). The number of primary amides is 1. The van der Waals surface area contributed by atoms with Gasteiger partial charge in [0, 0.05) is 24.6 Å². The second-order valence-corrected chi connectivity index (χ2v) is 13.8. The van der Waals surface area contributed by atoms with Gasteiger partial charge in [0.1, 0.15) is 24.3 Å². The lowest BCUT2D eigenvalue weighted by atomic mass is 9.98. The average molecular weight is 745 g/mol. The standard InChI is InChI=1S/C39H48N6O9/c1-39(2,3)54-34(48)19-18-32(45-38(52)53-23-30-28-11-6-4-9-26(28)27-10-5-7-12-29(27)30)35(49)42-21-33(47)44-31(13-8-20-41-37(40)51)36(50)43-25-16-14-24(22-46)15-17-25/h4-7,9-12,14-17,30-32,46H,8,13,18-23H2,1-3H3,(H,42,49)(H,43,50)(H,44,47)(H,45,52)(H3,40,41,51)/t31-,32-/m0/s1. The van der Waals surface area contributed by atoms with Crippen molar-refractivity contribution in [1.82, 2.24) is 21.3 Å². The van der Waals surface area contributed by atoms with Gasteiger partial charge in [0.15, 0.2) is 0 Å². The molecule has 0 aromatic heterocycles. The van der Waals surface area contributed by atoms with Crippen LogP contribution >= 0.6 is 0 Å². The summed E-state index contributed by atoms with van der Waals surface area (Å²) in [6, 6.07) is 19.1. The lowest BCUT2D eigenvalue weighted by Crippen LogP contribution is -2.51. The fraction of sp³-hybridized carbons (Fsp3) is 0.385. The van der Waals surface area contributed by atoms with E-state index in [0.29, 0.717) is 11.3 Å². The molecule has 0 unspecified atom stereocenters. The van der Waals surface area contributed by atoms with Crippen LogP contribution in [0.5, 0.6) is 0 Å². The van der Waals surface area contributed by atoms with Crippen LogP contribution in [-0.4, -0.2) is 78.3 Å². The molecule has 0 heterocycles. The van der Waals surface area contributed by atoms with Crippen LogP contribution in [0.2, 0.25) is 0 Å². The minimum absolute atomic E-state index is 0.00728. The van der Waals surface area contributed by atoms with Crippen LogP contribution in [0.25, 0.3) is 11.1 Å². The molecule has 0 spiro atoms. The van der Waals surface area contributed by atoms with Gasteiger partial charge in [-0.15, -0.1) is 0 Å². The molecule has 288 valence electrons. The molecule has 0 aliphatic heterocycles. The number of hydrogen-bond acceptors (Lipinski definition) is 9. The van der Waals surface area contributed by atoms with E-state index in [1.54, 1.807) is 45.0 Å². The Bertz CT molecular complexity index is 1760. The zero-order valence-electron chi connectivity index (χ0n) is 30.6. The maximum atomic E-state index is 13.4. The van der Waals surface area contributed by atoms with Gasteiger partial charge in [-0.3, -0.25) is 19.2 Å². The number of carbonyl (C=O) groups is 6. The number of amides is 6. The van der Waals surface area contributed by atoms with Gasteiger partial charge in [-0.1, -0.05) is 60.7 Å². The lowest BCUT2D eigenvalue weighted by molar-refractivity contribution is -0.155. The molecule has 15 nitrogen and oxygen atoms in total. The van der Waals surface area contributed by atoms with E-state index in [2.05, 4.69) is 26.6 Å². The molecule has 2 atom stereocenters. The second-order valence-electron chi connectivity index (χ2n) is 13.8. The summed E-state index contributed by atoms with van der Waals surface area (Å²) in [6.07, 6.45) is -0.860. The van der Waals surface area contributed by atoms with Gasteiger partial charge in [-0.2, -0.15) is 0 Å². The second kappa shape index (κ2) is 19.2. The van der Waals surface area contributed by atoms with E-state index in [-0.39, 0.29) is 51.4 Å². The van der Waals surface area contributed by atoms with Crippen molar-refractivity contribution in [1.29, 1.82) is 0 Å². The predicted molar refractivity (Wildman–Crippen MR) is 200 cm³/mol. The molecule has 15 heteroatoms. The third kappa shape index (κ3) is 12.3. The number of alkyl carbamates (subject to hydrolysis) is 1. The Kier molecular flexibility index (Phi) is 14.5. The fourth-order valence-corrected chi connectivity index (χ4v) is 5.95. The molecule has 1 aliphatic rings. The Labute approximate surface area is 313 Å². The number of carbonyl (C=O) groups excluding carboxylic acids is 6. The highest BCUT2D eigenvalue weighted by atomic mass is 16.6. The highest BCUT2D eigenvalue weighted by Crippen LogP contribution is 2.44. The van der Waals surface area contributed by atoms with E-state index >= 15 is 0 Å². The van der Waals surface area contributed by atoms with Gasteiger partial charge in [0.2, 0.25) is 17.7 Å². The minimum atomic E-state index is -1.28. The Hall–Kier alpha value is -5.96. The van der Waals surface area contributed by atoms with Crippen LogP contribution in [0, 0.1) is 0 Å². The molecular formula is C39H48N6O9. The Morgan fingerprint density at radius 3 is 2.00 bits per heavy atom. The maximum absolute atomic E-state index is 13.4. The number of rotatable bonds is 17. The lowest BCUT2D eigenvalue weighted by Gasteiger charge is -2.22. The number of anilines is 1. The summed E-state index contributed by atoms with van der Waals surface area (Å²) < 4.78 is 11.0. The zero-order chi connectivity index (χ0) is 39.3. The number of ether oxygens (including phenoxy) is 2. The maximum Gasteiger partial charge on any atom is 0.407 e. The largest absolute Gasteiger partial charge is 0.460 e. The third-order valence-electron chi connectivity index (χ3n) is 8.46. The fourth-order valence-electron chi connectivity index (χ4n) is 5.95. The van der Waals surface area contributed by atoms with E-state index < -0.39 is 60.0 Å². The van der Waals surface area contributed by atoms with Crippen LogP contribution in [-0.2, 0) is 35.3 Å². The van der Waals surface area contributed by atoms with Crippen molar-refractivity contribution in [3.63, 3.8) is 0 Å². The number of fused-ring (bicyclic) bond motifs is 3. The van der Waals surface area contributed by atoms with Crippen molar-refractivity contribution >= 4 is 41.5 Å². The summed E-state index contributed by atoms with van der Waals surface area (Å²) in [5, 5.41) is 22.0. The van der Waals surface area contributed by atoms with E-state index in [1.807, 2.05) is 48.5 Å². The first-order valence-electron chi connectivity index (χ1n) is 17.7. The molecule has 0 saturated carbocycles. The van der Waals surface area contributed by atoms with Crippen molar-refractivity contribution < 1.29 is 43.3 Å². The van der Waals surface area contributed by atoms with Crippen molar-refractivity contribution in [2.45, 2.75) is 76.7 Å². The van der Waals surface area contributed by atoms with Crippen molar-refractivity contribution in [2.75, 3.05) is 25.0 Å². The van der Waals surface area contributed by atoms with Gasteiger partial charge in [0.25, 0.3) is 0 Å². The molecular weight excluding hydrogens is 696 g/mol. The summed E-state index contributed by atoms with van der Waals surface area (Å²) in [5.74, 6) is -2.85. The van der Waals surface area contributed by atoms with Crippen LogP contribution in [0.1, 0.15) is 69.1 Å². The highest BCUT2D eigenvalue weighted by Gasteiger charge is 2.31. The topological polar surface area (TPSA) is 227 Å².